The molecule has 1 aromatic rings. The molecule has 0 saturated carbocycles. The second kappa shape index (κ2) is 6.85. The molecule has 1 heterocycles. The first kappa shape index (κ1) is 16.4. The molecule has 1 saturated heterocycles. The largest absolute Gasteiger partial charge is 0.396 e. The SMILES string of the molecule is CS(=O)(=O)N1CCCC(CC(CO)c2cccc(F)c2)C1. The van der Waals surface area contributed by atoms with Crippen molar-refractivity contribution < 1.29 is 17.9 Å². The molecular formula is C15H22FNO3S. The van der Waals surface area contributed by atoms with Crippen molar-refractivity contribution in [1.29, 1.82) is 0 Å². The molecular weight excluding hydrogens is 293 g/mol. The average Bonchev–Trinajstić information content (AvgIpc) is 2.44. The third kappa shape index (κ3) is 4.49. The first-order valence-corrected chi connectivity index (χ1v) is 9.06. The molecule has 2 atom stereocenters. The summed E-state index contributed by atoms with van der Waals surface area (Å²) in [4.78, 5) is 0. The summed E-state index contributed by atoms with van der Waals surface area (Å²) in [5.74, 6) is -0.258. The van der Waals surface area contributed by atoms with Crippen LogP contribution in [-0.4, -0.2) is 43.8 Å². The Bertz CT molecular complexity index is 576. The summed E-state index contributed by atoms with van der Waals surface area (Å²) >= 11 is 0. The Morgan fingerprint density at radius 1 is 1.48 bits per heavy atom. The molecule has 2 rings (SSSR count). The maximum Gasteiger partial charge on any atom is 0.211 e. The monoisotopic (exact) mass is 315 g/mol. The van der Waals surface area contributed by atoms with Crippen molar-refractivity contribution in [2.24, 2.45) is 5.92 Å². The van der Waals surface area contributed by atoms with Gasteiger partial charge in [0.25, 0.3) is 0 Å². The number of benzene rings is 1. The number of piperidine rings is 1. The number of nitrogens with zero attached hydrogens (tertiary/aromatic N) is 1. The van der Waals surface area contributed by atoms with Gasteiger partial charge < -0.3 is 5.11 Å². The van der Waals surface area contributed by atoms with Gasteiger partial charge >= 0.3 is 0 Å². The Labute approximate surface area is 125 Å². The Morgan fingerprint density at radius 2 is 2.24 bits per heavy atom. The standard InChI is InChI=1S/C15H22FNO3S/c1-21(19,20)17-7-3-4-12(10-17)8-14(11-18)13-5-2-6-15(16)9-13/h2,5-6,9,12,14,18H,3-4,7-8,10-11H2,1H3. The van der Waals surface area contributed by atoms with Gasteiger partial charge in [-0.05, 0) is 42.9 Å². The molecule has 1 aliphatic rings. The van der Waals surface area contributed by atoms with Gasteiger partial charge in [0, 0.05) is 25.6 Å². The molecule has 1 N–H and O–H groups in total. The highest BCUT2D eigenvalue weighted by Crippen LogP contribution is 2.30. The smallest absolute Gasteiger partial charge is 0.211 e. The highest BCUT2D eigenvalue weighted by molar-refractivity contribution is 7.88. The van der Waals surface area contributed by atoms with Gasteiger partial charge in [-0.1, -0.05) is 12.1 Å². The molecule has 118 valence electrons. The van der Waals surface area contributed by atoms with E-state index in [9.17, 15) is 17.9 Å². The maximum absolute atomic E-state index is 13.3. The number of halogens is 1. The van der Waals surface area contributed by atoms with E-state index >= 15 is 0 Å². The quantitative estimate of drug-likeness (QED) is 0.904. The fourth-order valence-electron chi connectivity index (χ4n) is 3.00. The molecule has 0 aromatic heterocycles. The minimum Gasteiger partial charge on any atom is -0.396 e. The summed E-state index contributed by atoms with van der Waals surface area (Å²) in [6.07, 6.45) is 3.67. The third-order valence-corrected chi connectivity index (χ3v) is 5.38. The fraction of sp³-hybridized carbons (Fsp3) is 0.600. The lowest BCUT2D eigenvalue weighted by atomic mass is 9.85. The van der Waals surface area contributed by atoms with Gasteiger partial charge in [0.1, 0.15) is 5.82 Å². The van der Waals surface area contributed by atoms with Crippen molar-refractivity contribution in [2.75, 3.05) is 26.0 Å². The van der Waals surface area contributed by atoms with Crippen LogP contribution in [0.4, 0.5) is 4.39 Å². The van der Waals surface area contributed by atoms with Gasteiger partial charge in [0.05, 0.1) is 6.26 Å². The molecule has 1 aliphatic heterocycles. The molecule has 0 radical (unpaired) electrons. The molecule has 4 nitrogen and oxygen atoms in total. The summed E-state index contributed by atoms with van der Waals surface area (Å²) in [7, 11) is -3.16. The van der Waals surface area contributed by atoms with Crippen molar-refractivity contribution >= 4 is 10.0 Å². The lowest BCUT2D eigenvalue weighted by Crippen LogP contribution is -2.39. The van der Waals surface area contributed by atoms with E-state index in [-0.39, 0.29) is 24.3 Å². The number of rotatable bonds is 5. The average molecular weight is 315 g/mol. The Hall–Kier alpha value is -0.980. The van der Waals surface area contributed by atoms with E-state index in [0.29, 0.717) is 19.5 Å². The fourth-order valence-corrected chi connectivity index (χ4v) is 3.94. The molecule has 1 aromatic carbocycles. The van der Waals surface area contributed by atoms with Gasteiger partial charge in [0.15, 0.2) is 0 Å². The number of aliphatic hydroxyl groups excluding tert-OH is 1. The lowest BCUT2D eigenvalue weighted by molar-refractivity contribution is 0.205. The van der Waals surface area contributed by atoms with Crippen LogP contribution in [-0.2, 0) is 10.0 Å². The van der Waals surface area contributed by atoms with Gasteiger partial charge in [-0.2, -0.15) is 0 Å². The number of hydrogen-bond acceptors (Lipinski definition) is 3. The number of aliphatic hydroxyl groups is 1. The van der Waals surface area contributed by atoms with Crippen molar-refractivity contribution in [3.05, 3.63) is 35.6 Å². The molecule has 2 unspecified atom stereocenters. The van der Waals surface area contributed by atoms with Crippen molar-refractivity contribution in [1.82, 2.24) is 4.31 Å². The summed E-state index contributed by atoms with van der Waals surface area (Å²) in [6, 6.07) is 6.26. The lowest BCUT2D eigenvalue weighted by Gasteiger charge is -2.32. The maximum atomic E-state index is 13.3. The minimum absolute atomic E-state index is 0.0567. The first-order valence-electron chi connectivity index (χ1n) is 7.21. The summed E-state index contributed by atoms with van der Waals surface area (Å²) in [5, 5.41) is 9.57. The highest BCUT2D eigenvalue weighted by Gasteiger charge is 2.28. The van der Waals surface area contributed by atoms with Crippen molar-refractivity contribution in [2.45, 2.75) is 25.2 Å². The van der Waals surface area contributed by atoms with E-state index in [4.69, 9.17) is 0 Å². The number of sulfonamides is 1. The minimum atomic E-state index is -3.16. The van der Waals surface area contributed by atoms with E-state index in [1.807, 2.05) is 0 Å². The first-order chi connectivity index (χ1) is 9.90. The van der Waals surface area contributed by atoms with E-state index in [0.717, 1.165) is 18.4 Å². The predicted octanol–water partition coefficient (Wildman–Crippen LogP) is 1.96. The number of hydrogen-bond donors (Lipinski definition) is 1. The van der Waals surface area contributed by atoms with Crippen LogP contribution in [0.15, 0.2) is 24.3 Å². The van der Waals surface area contributed by atoms with Crippen LogP contribution in [0, 0.1) is 11.7 Å². The zero-order chi connectivity index (χ0) is 15.5. The molecule has 0 bridgehead atoms. The summed E-state index contributed by atoms with van der Waals surface area (Å²) in [5.41, 5.74) is 0.772. The van der Waals surface area contributed by atoms with Crippen LogP contribution in [0.1, 0.15) is 30.7 Å². The van der Waals surface area contributed by atoms with E-state index in [2.05, 4.69) is 0 Å². The third-order valence-electron chi connectivity index (χ3n) is 4.11. The van der Waals surface area contributed by atoms with Crippen LogP contribution in [0.25, 0.3) is 0 Å². The molecule has 0 aliphatic carbocycles. The molecule has 0 amide bonds. The van der Waals surface area contributed by atoms with Crippen molar-refractivity contribution in [3.63, 3.8) is 0 Å². The summed E-state index contributed by atoms with van der Waals surface area (Å²) < 4.78 is 38.1. The normalized spacial score (nSPS) is 22.1. The van der Waals surface area contributed by atoms with Crippen LogP contribution >= 0.6 is 0 Å². The van der Waals surface area contributed by atoms with Gasteiger partial charge in [-0.3, -0.25) is 0 Å². The van der Waals surface area contributed by atoms with Crippen LogP contribution in [0.5, 0.6) is 0 Å². The molecule has 21 heavy (non-hydrogen) atoms. The molecule has 1 fully saturated rings. The van der Waals surface area contributed by atoms with Crippen molar-refractivity contribution in [3.8, 4) is 0 Å². The van der Waals surface area contributed by atoms with E-state index in [1.54, 1.807) is 12.1 Å². The zero-order valence-electron chi connectivity index (χ0n) is 12.2. The Kier molecular flexibility index (Phi) is 5.35. The summed E-state index contributed by atoms with van der Waals surface area (Å²) in [6.45, 7) is 1.00. The van der Waals surface area contributed by atoms with E-state index < -0.39 is 10.0 Å². The Balaban J connectivity index is 2.05. The molecule has 0 spiro atoms. The van der Waals surface area contributed by atoms with E-state index in [1.165, 1.54) is 22.7 Å². The zero-order valence-corrected chi connectivity index (χ0v) is 13.0. The van der Waals surface area contributed by atoms with Crippen LogP contribution in [0.3, 0.4) is 0 Å². The second-order valence-electron chi connectivity index (χ2n) is 5.80. The van der Waals surface area contributed by atoms with Crippen LogP contribution in [0.2, 0.25) is 0 Å². The van der Waals surface area contributed by atoms with Gasteiger partial charge in [-0.15, -0.1) is 0 Å². The molecule has 6 heteroatoms. The van der Waals surface area contributed by atoms with Gasteiger partial charge in [0.2, 0.25) is 10.0 Å². The second-order valence-corrected chi connectivity index (χ2v) is 7.78. The predicted molar refractivity (Wildman–Crippen MR) is 80.0 cm³/mol. The van der Waals surface area contributed by atoms with Crippen LogP contribution < -0.4 is 0 Å². The Morgan fingerprint density at radius 3 is 2.86 bits per heavy atom. The topological polar surface area (TPSA) is 57.6 Å². The highest BCUT2D eigenvalue weighted by atomic mass is 32.2. The van der Waals surface area contributed by atoms with Gasteiger partial charge in [-0.25, -0.2) is 17.1 Å².